The molecule has 6 nitrogen and oxygen atoms in total. The minimum absolute atomic E-state index is 0.112. The molecule has 0 saturated carbocycles. The highest BCUT2D eigenvalue weighted by Crippen LogP contribution is 2.36. The lowest BCUT2D eigenvalue weighted by molar-refractivity contribution is 0.586. The van der Waals surface area contributed by atoms with Gasteiger partial charge in [0.2, 0.25) is 0 Å². The Morgan fingerprint density at radius 2 is 1.96 bits per heavy atom. The molecule has 10 heteroatoms. The third-order valence-corrected chi connectivity index (χ3v) is 8.12. The second-order valence-corrected chi connectivity index (χ2v) is 9.71. The molecule has 0 bridgehead atoms. The van der Waals surface area contributed by atoms with Crippen molar-refractivity contribution in [3.05, 3.63) is 40.0 Å². The second-order valence-electron chi connectivity index (χ2n) is 5.61. The van der Waals surface area contributed by atoms with Gasteiger partial charge in [-0.2, -0.15) is 8.42 Å². The first-order valence-electron chi connectivity index (χ1n) is 7.60. The van der Waals surface area contributed by atoms with Gasteiger partial charge in [0.05, 0.1) is 10.5 Å². The van der Waals surface area contributed by atoms with Crippen LogP contribution in [0.3, 0.4) is 0 Å². The fourth-order valence-electron chi connectivity index (χ4n) is 2.92. The van der Waals surface area contributed by atoms with E-state index in [4.69, 9.17) is 23.2 Å². The molecule has 0 amide bonds. The zero-order chi connectivity index (χ0) is 17.6. The minimum Gasteiger partial charge on any atom is -0.354 e. The molecule has 0 atom stereocenters. The average Bonchev–Trinajstić information content (AvgIpc) is 3.20. The molecule has 4 rings (SSSR count). The molecule has 1 fully saturated rings. The highest BCUT2D eigenvalue weighted by Gasteiger charge is 2.24. The summed E-state index contributed by atoms with van der Waals surface area (Å²) in [6.07, 6.45) is 3.19. The Labute approximate surface area is 159 Å². The van der Waals surface area contributed by atoms with Gasteiger partial charge < -0.3 is 10.2 Å². The third-order valence-electron chi connectivity index (χ3n) is 4.11. The van der Waals surface area contributed by atoms with E-state index in [2.05, 4.69) is 15.2 Å². The number of thiophene rings is 1. The highest BCUT2D eigenvalue weighted by atomic mass is 35.5. The quantitative estimate of drug-likeness (QED) is 0.710. The average molecular weight is 417 g/mol. The number of nitrogens with zero attached hydrogens (tertiary/aromatic N) is 3. The van der Waals surface area contributed by atoms with Gasteiger partial charge in [-0.3, -0.25) is 0 Å². The number of fused-ring (bicyclic) bond motifs is 1. The van der Waals surface area contributed by atoms with Gasteiger partial charge in [0.15, 0.2) is 0 Å². The maximum absolute atomic E-state index is 13.0. The number of pyridine rings is 1. The molecule has 0 spiro atoms. The van der Waals surface area contributed by atoms with E-state index in [9.17, 15) is 8.42 Å². The standard InChI is InChI=1S/C15H14Cl2N4O2S2/c16-11-9-13(24-14(11)17)25(22,23)21-6-2-10-12(21)1-3-19-15(10)20-7-4-18-5-8-20/h1-3,6,9,18H,4-5,7-8H2. The maximum atomic E-state index is 13.0. The largest absolute Gasteiger partial charge is 0.354 e. The number of hydrogen-bond acceptors (Lipinski definition) is 6. The number of rotatable bonds is 3. The Morgan fingerprint density at radius 3 is 2.64 bits per heavy atom. The molecular weight excluding hydrogens is 403 g/mol. The lowest BCUT2D eigenvalue weighted by Crippen LogP contribution is -2.43. The summed E-state index contributed by atoms with van der Waals surface area (Å²) in [4.78, 5) is 6.63. The molecule has 3 aromatic rings. The van der Waals surface area contributed by atoms with E-state index in [1.54, 1.807) is 24.5 Å². The molecule has 132 valence electrons. The summed E-state index contributed by atoms with van der Waals surface area (Å²) in [6, 6.07) is 4.87. The zero-order valence-electron chi connectivity index (χ0n) is 12.9. The molecule has 25 heavy (non-hydrogen) atoms. The first kappa shape index (κ1) is 17.1. The fourth-order valence-corrected chi connectivity index (χ4v) is 6.23. The Morgan fingerprint density at radius 1 is 1.20 bits per heavy atom. The van der Waals surface area contributed by atoms with Crippen molar-refractivity contribution >= 4 is 61.3 Å². The van der Waals surface area contributed by atoms with Crippen molar-refractivity contribution in [2.24, 2.45) is 0 Å². The molecule has 1 N–H and O–H groups in total. The molecule has 0 aromatic carbocycles. The number of aromatic nitrogens is 2. The van der Waals surface area contributed by atoms with Gasteiger partial charge in [-0.15, -0.1) is 11.3 Å². The van der Waals surface area contributed by atoms with Crippen LogP contribution in [0.1, 0.15) is 0 Å². The van der Waals surface area contributed by atoms with E-state index >= 15 is 0 Å². The molecule has 1 aliphatic heterocycles. The van der Waals surface area contributed by atoms with Gasteiger partial charge in [0.25, 0.3) is 10.0 Å². The van der Waals surface area contributed by atoms with Crippen molar-refractivity contribution in [2.75, 3.05) is 31.1 Å². The van der Waals surface area contributed by atoms with Crippen LogP contribution in [-0.4, -0.2) is 43.6 Å². The molecule has 0 unspecified atom stereocenters. The monoisotopic (exact) mass is 416 g/mol. The summed E-state index contributed by atoms with van der Waals surface area (Å²) in [7, 11) is -3.76. The van der Waals surface area contributed by atoms with Gasteiger partial charge in [0.1, 0.15) is 14.4 Å². The van der Waals surface area contributed by atoms with Crippen molar-refractivity contribution in [1.29, 1.82) is 0 Å². The van der Waals surface area contributed by atoms with E-state index in [0.717, 1.165) is 48.7 Å². The van der Waals surface area contributed by atoms with Crippen LogP contribution in [0.5, 0.6) is 0 Å². The van der Waals surface area contributed by atoms with E-state index in [1.807, 2.05) is 0 Å². The predicted molar refractivity (Wildman–Crippen MR) is 102 cm³/mol. The molecule has 0 aliphatic carbocycles. The van der Waals surface area contributed by atoms with Gasteiger partial charge >= 0.3 is 0 Å². The van der Waals surface area contributed by atoms with Crippen LogP contribution >= 0.6 is 34.5 Å². The molecular formula is C15H14Cl2N4O2S2. The Kier molecular flexibility index (Phi) is 4.41. The number of nitrogens with one attached hydrogen (secondary N) is 1. The molecule has 0 radical (unpaired) electrons. The summed E-state index contributed by atoms with van der Waals surface area (Å²) >= 11 is 12.8. The van der Waals surface area contributed by atoms with Crippen LogP contribution in [0, 0.1) is 0 Å². The van der Waals surface area contributed by atoms with Gasteiger partial charge in [0, 0.05) is 44.0 Å². The van der Waals surface area contributed by atoms with Gasteiger partial charge in [-0.1, -0.05) is 23.2 Å². The molecule has 3 aromatic heterocycles. The molecule has 4 heterocycles. The van der Waals surface area contributed by atoms with Crippen molar-refractivity contribution < 1.29 is 8.42 Å². The van der Waals surface area contributed by atoms with Crippen LogP contribution in [0.25, 0.3) is 10.9 Å². The van der Waals surface area contributed by atoms with E-state index in [-0.39, 0.29) is 13.6 Å². The van der Waals surface area contributed by atoms with Gasteiger partial charge in [-0.05, 0) is 18.2 Å². The summed E-state index contributed by atoms with van der Waals surface area (Å²) in [5.41, 5.74) is 0.587. The van der Waals surface area contributed by atoms with Crippen LogP contribution in [0.15, 0.2) is 34.8 Å². The van der Waals surface area contributed by atoms with E-state index in [1.165, 1.54) is 10.0 Å². The fraction of sp³-hybridized carbons (Fsp3) is 0.267. The van der Waals surface area contributed by atoms with Crippen molar-refractivity contribution in [2.45, 2.75) is 4.21 Å². The first-order chi connectivity index (χ1) is 12.0. The number of hydrogen-bond donors (Lipinski definition) is 1. The summed E-state index contributed by atoms with van der Waals surface area (Å²) in [5, 5.41) is 4.34. The predicted octanol–water partition coefficient (Wildman–Crippen LogP) is 3.05. The topological polar surface area (TPSA) is 67.2 Å². The Bertz CT molecular complexity index is 1020. The van der Waals surface area contributed by atoms with Crippen molar-refractivity contribution in [3.63, 3.8) is 0 Å². The van der Waals surface area contributed by atoms with Crippen molar-refractivity contribution in [1.82, 2.24) is 14.3 Å². The van der Waals surface area contributed by atoms with Crippen LogP contribution in [0.2, 0.25) is 9.36 Å². The lowest BCUT2D eigenvalue weighted by atomic mass is 10.2. The van der Waals surface area contributed by atoms with Gasteiger partial charge in [-0.25, -0.2) is 8.96 Å². The number of halogens is 2. The maximum Gasteiger partial charge on any atom is 0.277 e. The summed E-state index contributed by atoms with van der Waals surface area (Å²) < 4.78 is 27.6. The summed E-state index contributed by atoms with van der Waals surface area (Å²) in [6.45, 7) is 3.42. The summed E-state index contributed by atoms with van der Waals surface area (Å²) in [5.74, 6) is 0.801. The second kappa shape index (κ2) is 6.44. The number of piperazine rings is 1. The first-order valence-corrected chi connectivity index (χ1v) is 10.6. The minimum atomic E-state index is -3.76. The zero-order valence-corrected chi connectivity index (χ0v) is 16.1. The Hall–Kier alpha value is -1.32. The van der Waals surface area contributed by atoms with Crippen LogP contribution < -0.4 is 10.2 Å². The Balaban J connectivity index is 1.84. The third kappa shape index (κ3) is 2.92. The normalized spacial score (nSPS) is 15.8. The SMILES string of the molecule is O=S(=O)(c1cc(Cl)c(Cl)s1)n1ccc2c(N3CCNCC3)nccc21. The highest BCUT2D eigenvalue weighted by molar-refractivity contribution is 7.92. The van der Waals surface area contributed by atoms with E-state index < -0.39 is 10.0 Å². The molecule has 1 saturated heterocycles. The van der Waals surface area contributed by atoms with Crippen LogP contribution in [-0.2, 0) is 10.0 Å². The number of anilines is 1. The smallest absolute Gasteiger partial charge is 0.277 e. The molecule has 1 aliphatic rings. The van der Waals surface area contributed by atoms with E-state index in [0.29, 0.717) is 5.52 Å². The lowest BCUT2D eigenvalue weighted by Gasteiger charge is -2.28. The van der Waals surface area contributed by atoms with Crippen LogP contribution in [0.4, 0.5) is 5.82 Å². The van der Waals surface area contributed by atoms with Crippen molar-refractivity contribution in [3.8, 4) is 0 Å².